The highest BCUT2D eigenvalue weighted by Gasteiger charge is 2.50. The molecule has 0 bridgehead atoms. The molecular weight excluding hydrogens is 564 g/mol. The maximum absolute atomic E-state index is 13.9. The highest BCUT2D eigenvalue weighted by Crippen LogP contribution is 2.41. The average molecular weight is 592 g/mol. The number of halogens is 2. The molecule has 3 aliphatic rings. The molecule has 11 nitrogen and oxygen atoms in total. The Morgan fingerprint density at radius 3 is 2.79 bits per heavy atom. The standard InChI is InChI=1S/C30H27F2N5O6/c1-3-17-10-20(36-8-9-41-30(16(36)2)14-40-15-30)28(33-12-17)42-18-11-21(29(38)39)37(13-18)27-24-23(34-26(35-27)25(31)32)19-6-4-5-7-22(19)43-24/h1,4-7,10,12,16,18,21,25H,8-9,11,13-15H2,2H3,(H,38,39)/t16-,18-,21-/m0/s1. The molecule has 3 fully saturated rings. The number of fused-ring (bicyclic) bond motifs is 3. The van der Waals surface area contributed by atoms with Crippen molar-refractivity contribution in [1.82, 2.24) is 15.0 Å². The van der Waals surface area contributed by atoms with Crippen molar-refractivity contribution < 1.29 is 37.3 Å². The smallest absolute Gasteiger partial charge is 0.326 e. The first-order valence-corrected chi connectivity index (χ1v) is 13.9. The number of aromatic nitrogens is 3. The Morgan fingerprint density at radius 2 is 2.07 bits per heavy atom. The third-order valence-corrected chi connectivity index (χ3v) is 8.46. The van der Waals surface area contributed by atoms with Crippen LogP contribution in [-0.4, -0.2) is 82.7 Å². The van der Waals surface area contributed by atoms with Gasteiger partial charge in [0.05, 0.1) is 32.4 Å². The summed E-state index contributed by atoms with van der Waals surface area (Å²) in [6.07, 6.45) is 3.60. The van der Waals surface area contributed by atoms with Gasteiger partial charge in [0.2, 0.25) is 5.88 Å². The maximum atomic E-state index is 13.9. The number of furan rings is 1. The summed E-state index contributed by atoms with van der Waals surface area (Å²) in [7, 11) is 0. The zero-order valence-electron chi connectivity index (χ0n) is 23.1. The lowest BCUT2D eigenvalue weighted by molar-refractivity contribution is -0.228. The van der Waals surface area contributed by atoms with E-state index in [1.165, 1.54) is 11.1 Å². The Kier molecular flexibility index (Phi) is 6.55. The first-order valence-electron chi connectivity index (χ1n) is 13.9. The van der Waals surface area contributed by atoms with Gasteiger partial charge in [0.15, 0.2) is 17.2 Å². The highest BCUT2D eigenvalue weighted by molar-refractivity contribution is 6.06. The molecule has 3 aromatic heterocycles. The third kappa shape index (κ3) is 4.49. The summed E-state index contributed by atoms with van der Waals surface area (Å²) in [4.78, 5) is 28.7. The molecule has 3 aliphatic heterocycles. The number of para-hydroxylation sites is 1. The first kappa shape index (κ1) is 27.3. The zero-order valence-corrected chi connectivity index (χ0v) is 23.1. The third-order valence-electron chi connectivity index (χ3n) is 8.46. The van der Waals surface area contributed by atoms with Crippen molar-refractivity contribution >= 4 is 39.5 Å². The van der Waals surface area contributed by atoms with Crippen molar-refractivity contribution in [3.05, 3.63) is 47.9 Å². The Labute approximate surface area is 244 Å². The van der Waals surface area contributed by atoms with Crippen molar-refractivity contribution in [3.8, 4) is 18.2 Å². The van der Waals surface area contributed by atoms with Gasteiger partial charge in [-0.25, -0.2) is 28.5 Å². The van der Waals surface area contributed by atoms with Crippen LogP contribution in [0.25, 0.3) is 22.1 Å². The van der Waals surface area contributed by atoms with E-state index in [2.05, 4.69) is 25.8 Å². The van der Waals surface area contributed by atoms with Gasteiger partial charge in [0.25, 0.3) is 6.43 Å². The van der Waals surface area contributed by atoms with E-state index in [1.54, 1.807) is 24.3 Å². The van der Waals surface area contributed by atoms with Gasteiger partial charge in [-0.3, -0.25) is 0 Å². The number of anilines is 2. The number of terminal acetylenes is 1. The van der Waals surface area contributed by atoms with Gasteiger partial charge in [-0.15, -0.1) is 6.42 Å². The second-order valence-corrected chi connectivity index (χ2v) is 10.9. The number of alkyl halides is 2. The van der Waals surface area contributed by atoms with Crippen LogP contribution in [0.3, 0.4) is 0 Å². The quantitative estimate of drug-likeness (QED) is 0.330. The Hall–Kier alpha value is -4.54. The van der Waals surface area contributed by atoms with Crippen LogP contribution >= 0.6 is 0 Å². The zero-order chi connectivity index (χ0) is 29.9. The minimum atomic E-state index is -2.98. The van der Waals surface area contributed by atoms with Crippen LogP contribution in [-0.2, 0) is 14.3 Å². The van der Waals surface area contributed by atoms with Crippen molar-refractivity contribution in [2.75, 3.05) is 42.7 Å². The molecule has 0 aliphatic carbocycles. The van der Waals surface area contributed by atoms with Crippen LogP contribution in [0.15, 0.2) is 40.9 Å². The number of morpholine rings is 1. The largest absolute Gasteiger partial charge is 0.480 e. The number of nitrogens with zero attached hydrogens (tertiary/aromatic N) is 5. The fourth-order valence-electron chi connectivity index (χ4n) is 6.11. The molecule has 1 aromatic carbocycles. The van der Waals surface area contributed by atoms with Gasteiger partial charge in [0.1, 0.15) is 34.5 Å². The number of carbonyl (C=O) groups is 1. The molecule has 43 heavy (non-hydrogen) atoms. The van der Waals surface area contributed by atoms with Gasteiger partial charge in [-0.1, -0.05) is 18.1 Å². The lowest BCUT2D eigenvalue weighted by Gasteiger charge is -2.53. The van der Waals surface area contributed by atoms with Crippen LogP contribution < -0.4 is 14.5 Å². The molecule has 0 unspecified atom stereocenters. The van der Waals surface area contributed by atoms with Crippen molar-refractivity contribution in [2.24, 2.45) is 0 Å². The van der Waals surface area contributed by atoms with Crippen LogP contribution in [0.1, 0.15) is 31.2 Å². The topological polar surface area (TPSA) is 123 Å². The molecule has 7 rings (SSSR count). The summed E-state index contributed by atoms with van der Waals surface area (Å²) < 4.78 is 51.7. The molecule has 6 heterocycles. The maximum Gasteiger partial charge on any atom is 0.326 e. The van der Waals surface area contributed by atoms with Gasteiger partial charge < -0.3 is 33.5 Å². The molecular formula is C30H27F2N5O6. The Bertz CT molecular complexity index is 1770. The van der Waals surface area contributed by atoms with Gasteiger partial charge >= 0.3 is 5.97 Å². The molecule has 0 radical (unpaired) electrons. The van der Waals surface area contributed by atoms with Gasteiger partial charge in [-0.2, -0.15) is 0 Å². The van der Waals surface area contributed by atoms with E-state index in [0.717, 1.165) is 0 Å². The molecule has 222 valence electrons. The lowest BCUT2D eigenvalue weighted by atomic mass is 9.90. The van der Waals surface area contributed by atoms with E-state index in [9.17, 15) is 18.7 Å². The normalized spacial score (nSPS) is 23.2. The van der Waals surface area contributed by atoms with Crippen LogP contribution in [0.2, 0.25) is 0 Å². The summed E-state index contributed by atoms with van der Waals surface area (Å²) in [5.74, 6) is 0.993. The van der Waals surface area contributed by atoms with E-state index in [4.69, 9.17) is 25.1 Å². The summed E-state index contributed by atoms with van der Waals surface area (Å²) in [6.45, 7) is 4.04. The summed E-state index contributed by atoms with van der Waals surface area (Å²) >= 11 is 0. The summed E-state index contributed by atoms with van der Waals surface area (Å²) in [5, 5.41) is 10.7. The molecule has 0 amide bonds. The predicted molar refractivity (Wildman–Crippen MR) is 151 cm³/mol. The number of aliphatic carboxylic acids is 1. The second kappa shape index (κ2) is 10.3. The number of pyridine rings is 1. The summed E-state index contributed by atoms with van der Waals surface area (Å²) in [6, 6.07) is 7.49. The van der Waals surface area contributed by atoms with E-state index in [1.807, 2.05) is 13.0 Å². The number of carboxylic acid groups (broad SMARTS) is 1. The van der Waals surface area contributed by atoms with Crippen LogP contribution in [0.5, 0.6) is 5.88 Å². The number of rotatable bonds is 6. The minimum absolute atomic E-state index is 0.0251. The molecule has 0 saturated carbocycles. The summed E-state index contributed by atoms with van der Waals surface area (Å²) in [5.41, 5.74) is 1.51. The molecule has 3 saturated heterocycles. The average Bonchev–Trinajstić information content (AvgIpc) is 3.58. The molecule has 3 atom stereocenters. The van der Waals surface area contributed by atoms with E-state index in [-0.39, 0.29) is 41.8 Å². The molecule has 1 spiro atoms. The van der Waals surface area contributed by atoms with Gasteiger partial charge in [0, 0.05) is 30.1 Å². The number of hydrogen-bond acceptors (Lipinski definition) is 10. The number of ether oxygens (including phenoxy) is 3. The highest BCUT2D eigenvalue weighted by atomic mass is 19.3. The number of carboxylic acids is 1. The SMILES string of the molecule is C#Cc1cnc(O[C@H]2C[C@@H](C(=O)O)N(c3nc(C(F)F)nc4c3oc3ccccc34)C2)c(N2CCOC3(COC3)[C@@H]2C)c1. The molecule has 4 aromatic rings. The van der Waals surface area contributed by atoms with Crippen LogP contribution in [0.4, 0.5) is 20.3 Å². The first-order chi connectivity index (χ1) is 20.8. The van der Waals surface area contributed by atoms with E-state index >= 15 is 0 Å². The lowest BCUT2D eigenvalue weighted by Crippen LogP contribution is -2.68. The number of benzene rings is 1. The van der Waals surface area contributed by atoms with E-state index < -0.39 is 36.0 Å². The fourth-order valence-corrected chi connectivity index (χ4v) is 6.11. The van der Waals surface area contributed by atoms with Crippen molar-refractivity contribution in [2.45, 2.75) is 43.6 Å². The van der Waals surface area contributed by atoms with Crippen molar-refractivity contribution in [3.63, 3.8) is 0 Å². The van der Waals surface area contributed by atoms with Gasteiger partial charge in [-0.05, 0) is 25.1 Å². The predicted octanol–water partition coefficient (Wildman–Crippen LogP) is 3.79. The van der Waals surface area contributed by atoms with Crippen LogP contribution in [0, 0.1) is 12.3 Å². The Balaban J connectivity index is 1.25. The monoisotopic (exact) mass is 591 g/mol. The minimum Gasteiger partial charge on any atom is -0.480 e. The second-order valence-electron chi connectivity index (χ2n) is 10.9. The Morgan fingerprint density at radius 1 is 1.26 bits per heavy atom. The van der Waals surface area contributed by atoms with Crippen molar-refractivity contribution in [1.29, 1.82) is 0 Å². The number of hydrogen-bond donors (Lipinski definition) is 1. The molecule has 1 N–H and O–H groups in total. The van der Waals surface area contributed by atoms with E-state index in [0.29, 0.717) is 48.6 Å². The fraction of sp³-hybridized carbons (Fsp3) is 0.400. The molecule has 13 heteroatoms.